The van der Waals surface area contributed by atoms with E-state index in [1.165, 1.54) is 0 Å². The molecule has 1 N–H and O–H groups in total. The van der Waals surface area contributed by atoms with Crippen molar-refractivity contribution in [1.82, 2.24) is 10.3 Å². The molecule has 0 radical (unpaired) electrons. The molecule has 1 aromatic heterocycles. The van der Waals surface area contributed by atoms with Gasteiger partial charge in [-0.15, -0.1) is 0 Å². The van der Waals surface area contributed by atoms with E-state index in [9.17, 15) is 0 Å². The van der Waals surface area contributed by atoms with Crippen molar-refractivity contribution in [3.8, 4) is 17.2 Å². The van der Waals surface area contributed by atoms with E-state index < -0.39 is 0 Å². The SMILES string of the molecule is COCCNCc1coc(-c2ccc(C)c(OC)c2)n1. The zero-order valence-electron chi connectivity index (χ0n) is 12.1. The van der Waals surface area contributed by atoms with Gasteiger partial charge in [-0.25, -0.2) is 4.98 Å². The Balaban J connectivity index is 2.04. The van der Waals surface area contributed by atoms with Crippen molar-refractivity contribution in [2.24, 2.45) is 0 Å². The Labute approximate surface area is 118 Å². The second-order valence-corrected chi connectivity index (χ2v) is 4.50. The third-order valence-corrected chi connectivity index (χ3v) is 3.00. The van der Waals surface area contributed by atoms with Gasteiger partial charge >= 0.3 is 0 Å². The predicted molar refractivity (Wildman–Crippen MR) is 76.8 cm³/mol. The number of ether oxygens (including phenoxy) is 2. The topological polar surface area (TPSA) is 56.5 Å². The number of aromatic nitrogens is 1. The summed E-state index contributed by atoms with van der Waals surface area (Å²) in [5.74, 6) is 1.44. The van der Waals surface area contributed by atoms with Gasteiger partial charge in [0, 0.05) is 25.8 Å². The molecular weight excluding hydrogens is 256 g/mol. The standard InChI is InChI=1S/C15H20N2O3/c1-11-4-5-12(8-14(11)19-3)15-17-13(10-20-15)9-16-6-7-18-2/h4-5,8,10,16H,6-7,9H2,1-3H3. The summed E-state index contributed by atoms with van der Waals surface area (Å²) in [6, 6.07) is 5.91. The molecule has 5 nitrogen and oxygen atoms in total. The lowest BCUT2D eigenvalue weighted by molar-refractivity contribution is 0.199. The molecule has 1 aromatic carbocycles. The van der Waals surface area contributed by atoms with Crippen LogP contribution in [-0.2, 0) is 11.3 Å². The lowest BCUT2D eigenvalue weighted by Crippen LogP contribution is -2.18. The van der Waals surface area contributed by atoms with Crippen LogP contribution >= 0.6 is 0 Å². The van der Waals surface area contributed by atoms with Crippen LogP contribution in [0, 0.1) is 6.92 Å². The first-order valence-electron chi connectivity index (χ1n) is 6.53. The Morgan fingerprint density at radius 3 is 2.90 bits per heavy atom. The number of nitrogens with zero attached hydrogens (tertiary/aromatic N) is 1. The van der Waals surface area contributed by atoms with Crippen molar-refractivity contribution < 1.29 is 13.9 Å². The summed E-state index contributed by atoms with van der Waals surface area (Å²) in [4.78, 5) is 4.46. The third-order valence-electron chi connectivity index (χ3n) is 3.00. The maximum atomic E-state index is 5.51. The Hall–Kier alpha value is -1.85. The smallest absolute Gasteiger partial charge is 0.226 e. The highest BCUT2D eigenvalue weighted by Gasteiger charge is 2.09. The van der Waals surface area contributed by atoms with Crippen molar-refractivity contribution in [2.45, 2.75) is 13.5 Å². The quantitative estimate of drug-likeness (QED) is 0.787. The predicted octanol–water partition coefficient (Wildman–Crippen LogP) is 2.39. The van der Waals surface area contributed by atoms with E-state index in [0.717, 1.165) is 29.1 Å². The van der Waals surface area contributed by atoms with Crippen LogP contribution in [0.4, 0.5) is 0 Å². The fourth-order valence-corrected chi connectivity index (χ4v) is 1.86. The molecule has 0 saturated heterocycles. The van der Waals surface area contributed by atoms with E-state index >= 15 is 0 Å². The van der Waals surface area contributed by atoms with E-state index in [1.54, 1.807) is 20.5 Å². The first-order chi connectivity index (χ1) is 9.74. The van der Waals surface area contributed by atoms with Gasteiger partial charge in [0.05, 0.1) is 19.4 Å². The molecule has 0 bridgehead atoms. The number of nitrogens with one attached hydrogen (secondary N) is 1. The molecule has 0 spiro atoms. The molecule has 20 heavy (non-hydrogen) atoms. The van der Waals surface area contributed by atoms with Crippen LogP contribution in [0.3, 0.4) is 0 Å². The first-order valence-corrected chi connectivity index (χ1v) is 6.53. The Morgan fingerprint density at radius 1 is 1.30 bits per heavy atom. The molecule has 0 unspecified atom stereocenters. The van der Waals surface area contributed by atoms with Crippen molar-refractivity contribution in [3.63, 3.8) is 0 Å². The number of oxazole rings is 1. The van der Waals surface area contributed by atoms with Gasteiger partial charge in [0.15, 0.2) is 0 Å². The molecule has 0 aliphatic rings. The maximum absolute atomic E-state index is 5.51. The van der Waals surface area contributed by atoms with E-state index in [1.807, 2.05) is 25.1 Å². The first kappa shape index (κ1) is 14.6. The Kier molecular flexibility index (Phi) is 5.15. The molecule has 108 valence electrons. The number of methoxy groups -OCH3 is 2. The Morgan fingerprint density at radius 2 is 2.15 bits per heavy atom. The summed E-state index contributed by atoms with van der Waals surface area (Å²) in [6.45, 7) is 4.14. The molecule has 0 amide bonds. The average Bonchev–Trinajstić information content (AvgIpc) is 2.93. The highest BCUT2D eigenvalue weighted by Crippen LogP contribution is 2.26. The van der Waals surface area contributed by atoms with Gasteiger partial charge in [-0.05, 0) is 24.6 Å². The summed E-state index contributed by atoms with van der Waals surface area (Å²) in [6.07, 6.45) is 1.67. The molecule has 0 saturated carbocycles. The Bertz CT molecular complexity index is 552. The lowest BCUT2D eigenvalue weighted by Gasteiger charge is -2.05. The van der Waals surface area contributed by atoms with Gasteiger partial charge in [0.2, 0.25) is 5.89 Å². The average molecular weight is 276 g/mol. The van der Waals surface area contributed by atoms with E-state index in [4.69, 9.17) is 13.9 Å². The maximum Gasteiger partial charge on any atom is 0.226 e. The third kappa shape index (κ3) is 3.59. The van der Waals surface area contributed by atoms with Crippen LogP contribution in [0.15, 0.2) is 28.9 Å². The minimum atomic E-state index is 0.604. The summed E-state index contributed by atoms with van der Waals surface area (Å²) in [5.41, 5.74) is 2.87. The fraction of sp³-hybridized carbons (Fsp3) is 0.400. The van der Waals surface area contributed by atoms with E-state index in [2.05, 4.69) is 10.3 Å². The zero-order valence-corrected chi connectivity index (χ0v) is 12.1. The normalized spacial score (nSPS) is 10.8. The second-order valence-electron chi connectivity index (χ2n) is 4.50. The van der Waals surface area contributed by atoms with E-state index in [-0.39, 0.29) is 0 Å². The van der Waals surface area contributed by atoms with Crippen molar-refractivity contribution >= 4 is 0 Å². The van der Waals surface area contributed by atoms with Gasteiger partial charge in [-0.1, -0.05) is 6.07 Å². The van der Waals surface area contributed by atoms with Crippen LogP contribution in [0.25, 0.3) is 11.5 Å². The van der Waals surface area contributed by atoms with Gasteiger partial charge in [0.1, 0.15) is 12.0 Å². The highest BCUT2D eigenvalue weighted by atomic mass is 16.5. The largest absolute Gasteiger partial charge is 0.496 e. The second kappa shape index (κ2) is 7.07. The minimum absolute atomic E-state index is 0.604. The molecular formula is C15H20N2O3. The molecule has 2 rings (SSSR count). The lowest BCUT2D eigenvalue weighted by atomic mass is 10.1. The molecule has 0 atom stereocenters. The number of hydrogen-bond acceptors (Lipinski definition) is 5. The highest BCUT2D eigenvalue weighted by molar-refractivity contribution is 5.57. The van der Waals surface area contributed by atoms with Crippen LogP contribution in [0.5, 0.6) is 5.75 Å². The summed E-state index contributed by atoms with van der Waals surface area (Å²) in [5, 5.41) is 3.23. The van der Waals surface area contributed by atoms with Crippen molar-refractivity contribution in [1.29, 1.82) is 0 Å². The van der Waals surface area contributed by atoms with Crippen LogP contribution in [0.1, 0.15) is 11.3 Å². The van der Waals surface area contributed by atoms with Gasteiger partial charge in [-0.2, -0.15) is 0 Å². The molecule has 1 heterocycles. The molecule has 2 aromatic rings. The number of hydrogen-bond donors (Lipinski definition) is 1. The van der Waals surface area contributed by atoms with Gasteiger partial charge in [0.25, 0.3) is 0 Å². The van der Waals surface area contributed by atoms with Gasteiger partial charge < -0.3 is 19.2 Å². The van der Waals surface area contributed by atoms with Crippen LogP contribution < -0.4 is 10.1 Å². The molecule has 0 aliphatic heterocycles. The van der Waals surface area contributed by atoms with Crippen LogP contribution in [0.2, 0.25) is 0 Å². The monoisotopic (exact) mass is 276 g/mol. The van der Waals surface area contributed by atoms with Crippen molar-refractivity contribution in [3.05, 3.63) is 35.7 Å². The van der Waals surface area contributed by atoms with Crippen LogP contribution in [-0.4, -0.2) is 32.4 Å². The summed E-state index contributed by atoms with van der Waals surface area (Å²) >= 11 is 0. The minimum Gasteiger partial charge on any atom is -0.496 e. The van der Waals surface area contributed by atoms with E-state index in [0.29, 0.717) is 19.0 Å². The summed E-state index contributed by atoms with van der Waals surface area (Å²) in [7, 11) is 3.34. The fourth-order valence-electron chi connectivity index (χ4n) is 1.86. The number of aryl methyl sites for hydroxylation is 1. The molecule has 5 heteroatoms. The molecule has 0 fully saturated rings. The number of rotatable bonds is 7. The zero-order chi connectivity index (χ0) is 14.4. The number of benzene rings is 1. The van der Waals surface area contributed by atoms with Gasteiger partial charge in [-0.3, -0.25) is 0 Å². The van der Waals surface area contributed by atoms with Crippen molar-refractivity contribution in [2.75, 3.05) is 27.4 Å². The molecule has 0 aliphatic carbocycles. The summed E-state index contributed by atoms with van der Waals surface area (Å²) < 4.78 is 15.8.